The predicted octanol–water partition coefficient (Wildman–Crippen LogP) is 2.91. The monoisotopic (exact) mass is 872 g/mol. The second kappa shape index (κ2) is 20.7. The minimum absolute atomic E-state index is 0.0449. The normalized spacial score (nSPS) is 26.8. The van der Waals surface area contributed by atoms with Crippen molar-refractivity contribution >= 4 is 36.7 Å². The summed E-state index contributed by atoms with van der Waals surface area (Å²) >= 11 is 0. The number of hydrogen-bond acceptors (Lipinski definition) is 10. The van der Waals surface area contributed by atoms with Crippen LogP contribution in [0.2, 0.25) is 0 Å². The van der Waals surface area contributed by atoms with E-state index < -0.39 is 72.6 Å². The highest BCUT2D eigenvalue weighted by molar-refractivity contribution is 6.47. The molecule has 5 amide bonds. The number of amides is 5. The van der Waals surface area contributed by atoms with Gasteiger partial charge in [-0.05, 0) is 132 Å². The van der Waals surface area contributed by atoms with Gasteiger partial charge in [-0.15, -0.1) is 0 Å². The fraction of sp³-hybridized carbons (Fsp3) is 0.638. The first kappa shape index (κ1) is 48.1. The molecule has 9 N–H and O–H groups in total. The molecule has 0 aromatic heterocycles. The topological polar surface area (TPSA) is 222 Å². The summed E-state index contributed by atoms with van der Waals surface area (Å²) < 4.78 is 12.9. The average molecular weight is 872 g/mol. The van der Waals surface area contributed by atoms with E-state index in [0.29, 0.717) is 49.8 Å². The standard InChI is InChI=1S/C47H70BN7O8/c1-8-9-12-30-14-16-31(17-15-30)32-18-20-33(21-19-32)42(58)53-35-25-37(50-26-35)44(60)55-40(28(3)56)45(61)51-27(2)41(57)54-36(13-10-11-22-49)43(59)52-29(4)48-62-39-24-34-23-38(46(34,5)6)47(39,7)63-48/h14-21,27-29,34-40,50,56H,8-13,22-26,49H2,1-7H3,(H,51,61)(H,52,59)(H,53,58)(H,54,57)(H,55,60). The number of aliphatic hydroxyl groups excluding tert-OH is 1. The van der Waals surface area contributed by atoms with Crippen LogP contribution in [0, 0.1) is 17.3 Å². The van der Waals surface area contributed by atoms with Gasteiger partial charge in [-0.2, -0.15) is 0 Å². The van der Waals surface area contributed by atoms with E-state index in [1.807, 2.05) is 19.1 Å². The van der Waals surface area contributed by atoms with Crippen LogP contribution in [0.1, 0.15) is 116 Å². The molecule has 11 unspecified atom stereocenters. The lowest BCUT2D eigenvalue weighted by atomic mass is 9.43. The van der Waals surface area contributed by atoms with Gasteiger partial charge in [0.15, 0.2) is 0 Å². The summed E-state index contributed by atoms with van der Waals surface area (Å²) in [5.74, 6) is -2.14. The van der Waals surface area contributed by atoms with Crippen molar-refractivity contribution in [3.8, 4) is 11.1 Å². The number of hydrogen-bond donors (Lipinski definition) is 8. The number of carbonyl (C=O) groups is 5. The molecule has 0 spiro atoms. The van der Waals surface area contributed by atoms with Crippen molar-refractivity contribution in [3.05, 3.63) is 59.7 Å². The van der Waals surface area contributed by atoms with E-state index in [0.717, 1.165) is 43.2 Å². The van der Waals surface area contributed by atoms with Crippen LogP contribution in [0.25, 0.3) is 11.1 Å². The summed E-state index contributed by atoms with van der Waals surface area (Å²) in [6.45, 7) is 14.3. The van der Waals surface area contributed by atoms with Crippen LogP contribution >= 0.6 is 0 Å². The molecule has 5 aliphatic rings. The second-order valence-electron chi connectivity index (χ2n) is 19.2. The number of aliphatic hydroxyl groups is 1. The van der Waals surface area contributed by atoms with Crippen LogP contribution in [0.4, 0.5) is 0 Å². The first-order valence-corrected chi connectivity index (χ1v) is 23.1. The molecule has 15 nitrogen and oxygen atoms in total. The summed E-state index contributed by atoms with van der Waals surface area (Å²) in [4.78, 5) is 67.1. The Labute approximate surface area is 373 Å². The van der Waals surface area contributed by atoms with Crippen molar-refractivity contribution < 1.29 is 38.4 Å². The van der Waals surface area contributed by atoms with E-state index in [-0.39, 0.29) is 29.9 Å². The van der Waals surface area contributed by atoms with E-state index in [4.69, 9.17) is 15.0 Å². The molecule has 344 valence electrons. The highest BCUT2D eigenvalue weighted by atomic mass is 16.7. The van der Waals surface area contributed by atoms with Gasteiger partial charge in [0.25, 0.3) is 5.91 Å². The highest BCUT2D eigenvalue weighted by Gasteiger charge is 2.68. The van der Waals surface area contributed by atoms with Gasteiger partial charge in [-0.3, -0.25) is 24.0 Å². The average Bonchev–Trinajstić information content (AvgIpc) is 3.88. The minimum atomic E-state index is -1.38. The highest BCUT2D eigenvalue weighted by Crippen LogP contribution is 2.65. The van der Waals surface area contributed by atoms with Crippen molar-refractivity contribution in [1.82, 2.24) is 31.9 Å². The van der Waals surface area contributed by atoms with Crippen LogP contribution in [0.3, 0.4) is 0 Å². The van der Waals surface area contributed by atoms with Crippen molar-refractivity contribution in [2.75, 3.05) is 13.1 Å². The number of nitrogens with two attached hydrogens (primary N) is 1. The van der Waals surface area contributed by atoms with Gasteiger partial charge < -0.3 is 52.0 Å². The quantitative estimate of drug-likeness (QED) is 0.0718. The lowest BCUT2D eigenvalue weighted by Gasteiger charge is -2.64. The zero-order valence-electron chi connectivity index (χ0n) is 38.1. The molecule has 16 heteroatoms. The van der Waals surface area contributed by atoms with Gasteiger partial charge in [0.2, 0.25) is 23.6 Å². The third kappa shape index (κ3) is 11.1. The third-order valence-corrected chi connectivity index (χ3v) is 14.2. The molecule has 7 rings (SSSR count). The fourth-order valence-electron chi connectivity index (χ4n) is 9.97. The molecular weight excluding hydrogens is 801 g/mol. The maximum Gasteiger partial charge on any atom is 0.481 e. The molecule has 63 heavy (non-hydrogen) atoms. The molecule has 3 saturated carbocycles. The van der Waals surface area contributed by atoms with Crippen molar-refractivity contribution in [3.63, 3.8) is 0 Å². The van der Waals surface area contributed by atoms with Gasteiger partial charge >= 0.3 is 7.12 Å². The van der Waals surface area contributed by atoms with Gasteiger partial charge in [-0.1, -0.05) is 63.6 Å². The predicted molar refractivity (Wildman–Crippen MR) is 242 cm³/mol. The van der Waals surface area contributed by atoms with Crippen molar-refractivity contribution in [2.45, 2.75) is 160 Å². The Hall–Kier alpha value is -4.35. The Morgan fingerprint density at radius 1 is 0.857 bits per heavy atom. The Balaban J connectivity index is 0.965. The van der Waals surface area contributed by atoms with E-state index in [9.17, 15) is 29.1 Å². The second-order valence-corrected chi connectivity index (χ2v) is 19.2. The molecule has 2 aromatic rings. The summed E-state index contributed by atoms with van der Waals surface area (Å²) in [6, 6.07) is 11.3. The number of unbranched alkanes of at least 4 members (excludes halogenated alkanes) is 2. The summed E-state index contributed by atoms with van der Waals surface area (Å²) in [5, 5.41) is 27.6. The Morgan fingerprint density at radius 2 is 1.54 bits per heavy atom. The van der Waals surface area contributed by atoms with Gasteiger partial charge in [0, 0.05) is 18.2 Å². The van der Waals surface area contributed by atoms with Crippen molar-refractivity contribution in [2.24, 2.45) is 23.0 Å². The zero-order valence-corrected chi connectivity index (χ0v) is 38.1. The molecule has 2 aliphatic heterocycles. The van der Waals surface area contributed by atoms with Gasteiger partial charge in [0.1, 0.15) is 18.1 Å². The molecule has 5 fully saturated rings. The SMILES string of the molecule is CCCCc1ccc(-c2ccc(C(=O)NC3CNC(C(=O)NC(C(=O)NC(C)C(=O)NC(CCCCN)C(=O)NC(C)B4OC5CC6CC(C6(C)C)C5(C)O4)C(C)O)C3)cc2)cc1. The fourth-order valence-corrected chi connectivity index (χ4v) is 9.97. The molecule has 2 bridgehead atoms. The lowest BCUT2D eigenvalue weighted by molar-refractivity contribution is -0.199. The van der Waals surface area contributed by atoms with E-state index in [2.05, 4.69) is 83.9 Å². The number of benzene rings is 2. The molecule has 11 atom stereocenters. The molecular formula is C47H70BN7O8. The maximum atomic E-state index is 13.7. The van der Waals surface area contributed by atoms with Gasteiger partial charge in [0.05, 0.1) is 29.8 Å². The number of aryl methyl sites for hydroxylation is 1. The number of nitrogens with one attached hydrogen (secondary N) is 6. The van der Waals surface area contributed by atoms with Crippen LogP contribution in [0.15, 0.2) is 48.5 Å². The van der Waals surface area contributed by atoms with E-state index >= 15 is 0 Å². The number of carbonyl (C=O) groups excluding carboxylic acids is 5. The van der Waals surface area contributed by atoms with Gasteiger partial charge in [-0.25, -0.2) is 0 Å². The molecule has 3 aliphatic carbocycles. The van der Waals surface area contributed by atoms with Crippen LogP contribution in [0.5, 0.6) is 0 Å². The molecule has 2 aromatic carbocycles. The van der Waals surface area contributed by atoms with E-state index in [1.165, 1.54) is 19.4 Å². The third-order valence-electron chi connectivity index (χ3n) is 14.2. The minimum Gasteiger partial charge on any atom is -0.404 e. The van der Waals surface area contributed by atoms with Crippen LogP contribution in [-0.4, -0.2) is 109 Å². The first-order chi connectivity index (χ1) is 29.9. The molecule has 2 saturated heterocycles. The summed E-state index contributed by atoms with van der Waals surface area (Å²) in [6.07, 6.45) is 5.84. The molecule has 2 heterocycles. The van der Waals surface area contributed by atoms with Crippen molar-refractivity contribution in [1.29, 1.82) is 0 Å². The van der Waals surface area contributed by atoms with E-state index in [1.54, 1.807) is 12.1 Å². The maximum absolute atomic E-state index is 13.7. The Bertz CT molecular complexity index is 1930. The zero-order chi connectivity index (χ0) is 45.6. The largest absolute Gasteiger partial charge is 0.481 e. The van der Waals surface area contributed by atoms with Crippen LogP contribution < -0.4 is 37.6 Å². The summed E-state index contributed by atoms with van der Waals surface area (Å²) in [7, 11) is -0.637. The summed E-state index contributed by atoms with van der Waals surface area (Å²) in [5.41, 5.74) is 9.35. The smallest absolute Gasteiger partial charge is 0.404 e. The number of rotatable bonds is 20. The first-order valence-electron chi connectivity index (χ1n) is 23.1. The Kier molecular flexibility index (Phi) is 15.8. The molecule has 0 radical (unpaired) electrons. The lowest BCUT2D eigenvalue weighted by Crippen LogP contribution is -2.65. The van der Waals surface area contributed by atoms with Crippen LogP contribution in [-0.2, 0) is 34.9 Å². The Morgan fingerprint density at radius 3 is 2.17 bits per heavy atom.